The minimum atomic E-state index is 0.133. The first-order chi connectivity index (χ1) is 16.1. The van der Waals surface area contributed by atoms with E-state index in [0.29, 0.717) is 13.0 Å². The highest BCUT2D eigenvalue weighted by Gasteiger charge is 2.20. The summed E-state index contributed by atoms with van der Waals surface area (Å²) in [5.74, 6) is 0.860. The number of thioether (sulfide) groups is 1. The zero-order valence-electron chi connectivity index (χ0n) is 19.0. The van der Waals surface area contributed by atoms with E-state index in [0.717, 1.165) is 76.7 Å². The van der Waals surface area contributed by atoms with Crippen molar-refractivity contribution < 1.29 is 9.53 Å². The number of aromatic nitrogens is 1. The summed E-state index contributed by atoms with van der Waals surface area (Å²) in [7, 11) is 0. The molecule has 0 N–H and O–H groups in total. The molecule has 4 rings (SSSR count). The molecule has 0 saturated carbocycles. The summed E-state index contributed by atoms with van der Waals surface area (Å²) in [5.41, 5.74) is 2.26. The van der Waals surface area contributed by atoms with Gasteiger partial charge in [0.2, 0.25) is 5.91 Å². The third kappa shape index (κ3) is 6.93. The number of morpholine rings is 1. The molecule has 0 unspecified atom stereocenters. The topological polar surface area (TPSA) is 45.7 Å². The predicted octanol–water partition coefficient (Wildman–Crippen LogP) is 5.75. The van der Waals surface area contributed by atoms with Crippen molar-refractivity contribution in [3.05, 3.63) is 53.1 Å². The Hall–Kier alpha value is -1.64. The molecule has 0 radical (unpaired) electrons. The van der Waals surface area contributed by atoms with Crippen molar-refractivity contribution in [2.45, 2.75) is 31.1 Å². The Balaban J connectivity index is 1.42. The number of hydrogen-bond donors (Lipinski definition) is 0. The number of anilines is 1. The lowest BCUT2D eigenvalue weighted by Crippen LogP contribution is -2.39. The number of amides is 1. The number of benzene rings is 2. The number of carbonyl (C=O) groups excluding carboxylic acids is 1. The summed E-state index contributed by atoms with van der Waals surface area (Å²) in [6.07, 6.45) is 2.39. The van der Waals surface area contributed by atoms with E-state index in [-0.39, 0.29) is 5.91 Å². The lowest BCUT2D eigenvalue weighted by molar-refractivity contribution is -0.118. The smallest absolute Gasteiger partial charge is 0.229 e. The molecule has 0 bridgehead atoms. The third-order valence-electron chi connectivity index (χ3n) is 5.74. The largest absolute Gasteiger partial charge is 0.379 e. The average molecular weight is 504 g/mol. The van der Waals surface area contributed by atoms with Crippen LogP contribution in [0.3, 0.4) is 0 Å². The number of carbonyl (C=O) groups is 1. The minimum Gasteiger partial charge on any atom is -0.379 e. The number of aryl methyl sites for hydroxylation is 1. The van der Waals surface area contributed by atoms with Crippen LogP contribution in [0.5, 0.6) is 0 Å². The molecule has 8 heteroatoms. The lowest BCUT2D eigenvalue weighted by Gasteiger charge is -2.27. The van der Waals surface area contributed by atoms with Gasteiger partial charge in [0, 0.05) is 48.3 Å². The Kier molecular flexibility index (Phi) is 9.03. The Morgan fingerprint density at radius 1 is 1.21 bits per heavy atom. The quantitative estimate of drug-likeness (QED) is 0.330. The molecule has 33 heavy (non-hydrogen) atoms. The monoisotopic (exact) mass is 503 g/mol. The Morgan fingerprint density at radius 2 is 2.00 bits per heavy atom. The highest BCUT2D eigenvalue weighted by atomic mass is 35.5. The van der Waals surface area contributed by atoms with Crippen molar-refractivity contribution in [1.29, 1.82) is 0 Å². The fourth-order valence-corrected chi connectivity index (χ4v) is 5.86. The van der Waals surface area contributed by atoms with Gasteiger partial charge < -0.3 is 4.74 Å². The third-order valence-corrected chi connectivity index (χ3v) is 8.05. The van der Waals surface area contributed by atoms with Gasteiger partial charge in [-0.3, -0.25) is 14.6 Å². The molecular weight excluding hydrogens is 474 g/mol. The molecule has 3 aromatic rings. The number of fused-ring (bicyclic) bond motifs is 1. The van der Waals surface area contributed by atoms with E-state index in [4.69, 9.17) is 21.3 Å². The summed E-state index contributed by atoms with van der Waals surface area (Å²) >= 11 is 9.28. The van der Waals surface area contributed by atoms with Crippen LogP contribution < -0.4 is 4.90 Å². The maximum absolute atomic E-state index is 13.3. The number of hydrogen-bond acceptors (Lipinski definition) is 6. The summed E-state index contributed by atoms with van der Waals surface area (Å²) < 4.78 is 6.59. The van der Waals surface area contributed by atoms with Crippen LogP contribution in [-0.2, 0) is 16.0 Å². The molecule has 0 aliphatic carbocycles. The summed E-state index contributed by atoms with van der Waals surface area (Å²) in [6.45, 7) is 7.33. The zero-order chi connectivity index (χ0) is 23.0. The van der Waals surface area contributed by atoms with Crippen LogP contribution >= 0.6 is 34.7 Å². The van der Waals surface area contributed by atoms with Crippen molar-refractivity contribution in [1.82, 2.24) is 9.88 Å². The molecule has 176 valence electrons. The highest BCUT2D eigenvalue weighted by Crippen LogP contribution is 2.31. The molecule has 1 saturated heterocycles. The molecule has 2 heterocycles. The van der Waals surface area contributed by atoms with Gasteiger partial charge in [0.1, 0.15) is 0 Å². The van der Waals surface area contributed by atoms with Gasteiger partial charge in [-0.25, -0.2) is 4.98 Å². The number of ether oxygens (including phenoxy) is 1. The first-order valence-electron chi connectivity index (χ1n) is 11.5. The summed E-state index contributed by atoms with van der Waals surface area (Å²) in [6, 6.07) is 14.2. The van der Waals surface area contributed by atoms with Gasteiger partial charge in [-0.1, -0.05) is 35.9 Å². The molecule has 1 aliphatic rings. The van der Waals surface area contributed by atoms with E-state index >= 15 is 0 Å². The van der Waals surface area contributed by atoms with Crippen molar-refractivity contribution >= 4 is 56.0 Å². The minimum absolute atomic E-state index is 0.133. The maximum Gasteiger partial charge on any atom is 0.229 e. The van der Waals surface area contributed by atoms with Gasteiger partial charge >= 0.3 is 0 Å². The van der Waals surface area contributed by atoms with Crippen LogP contribution in [-0.4, -0.2) is 60.9 Å². The van der Waals surface area contributed by atoms with E-state index < -0.39 is 0 Å². The van der Waals surface area contributed by atoms with Crippen LogP contribution in [0.4, 0.5) is 5.13 Å². The Morgan fingerprint density at radius 3 is 2.76 bits per heavy atom. The van der Waals surface area contributed by atoms with Gasteiger partial charge in [-0.05, 0) is 54.8 Å². The summed E-state index contributed by atoms with van der Waals surface area (Å²) in [4.78, 5) is 23.6. The van der Waals surface area contributed by atoms with Crippen molar-refractivity contribution in [3.63, 3.8) is 0 Å². The second-order valence-electron chi connectivity index (χ2n) is 8.06. The second kappa shape index (κ2) is 12.2. The van der Waals surface area contributed by atoms with Gasteiger partial charge in [0.25, 0.3) is 0 Å². The molecule has 0 spiro atoms. The fourth-order valence-electron chi connectivity index (χ4n) is 3.82. The number of nitrogens with zero attached hydrogens (tertiary/aromatic N) is 3. The first-order valence-corrected chi connectivity index (χ1v) is 13.7. The standard InChI is InChI=1S/C25H30ClN3O2S2/c1-2-19-4-9-22-23(18-19)33-25(27-22)29(12-3-11-28-13-15-31-16-14-28)24(30)10-17-32-21-7-5-20(26)6-8-21/h4-9,18H,2-3,10-17H2,1H3. The van der Waals surface area contributed by atoms with Gasteiger partial charge in [-0.2, -0.15) is 0 Å². The van der Waals surface area contributed by atoms with E-state index in [9.17, 15) is 4.79 Å². The van der Waals surface area contributed by atoms with Crippen LogP contribution in [0, 0.1) is 0 Å². The molecule has 1 fully saturated rings. The van der Waals surface area contributed by atoms with E-state index in [1.807, 2.05) is 29.2 Å². The average Bonchev–Trinajstić information content (AvgIpc) is 3.26. The molecule has 2 aromatic carbocycles. The van der Waals surface area contributed by atoms with Crippen LogP contribution in [0.2, 0.25) is 5.02 Å². The second-order valence-corrected chi connectivity index (χ2v) is 10.7. The SMILES string of the molecule is CCc1ccc2nc(N(CCCN3CCOCC3)C(=O)CCSc3ccc(Cl)cc3)sc2c1. The Labute approximate surface area is 209 Å². The zero-order valence-corrected chi connectivity index (χ0v) is 21.4. The molecular formula is C25H30ClN3O2S2. The molecule has 5 nitrogen and oxygen atoms in total. The predicted molar refractivity (Wildman–Crippen MR) is 140 cm³/mol. The molecule has 1 aromatic heterocycles. The van der Waals surface area contributed by atoms with Crippen LogP contribution in [0.1, 0.15) is 25.3 Å². The van der Waals surface area contributed by atoms with Crippen molar-refractivity contribution in [3.8, 4) is 0 Å². The van der Waals surface area contributed by atoms with E-state index in [1.165, 1.54) is 5.56 Å². The molecule has 0 atom stereocenters. The van der Waals surface area contributed by atoms with Gasteiger partial charge in [0.15, 0.2) is 5.13 Å². The van der Waals surface area contributed by atoms with Gasteiger partial charge in [-0.15, -0.1) is 11.8 Å². The lowest BCUT2D eigenvalue weighted by atomic mass is 10.2. The van der Waals surface area contributed by atoms with Gasteiger partial charge in [0.05, 0.1) is 23.4 Å². The maximum atomic E-state index is 13.3. The highest BCUT2D eigenvalue weighted by molar-refractivity contribution is 7.99. The Bertz CT molecular complexity index is 1050. The van der Waals surface area contributed by atoms with E-state index in [1.54, 1.807) is 23.1 Å². The van der Waals surface area contributed by atoms with Crippen LogP contribution in [0.25, 0.3) is 10.2 Å². The van der Waals surface area contributed by atoms with Crippen molar-refractivity contribution in [2.24, 2.45) is 0 Å². The van der Waals surface area contributed by atoms with E-state index in [2.05, 4.69) is 30.0 Å². The number of halogens is 1. The number of rotatable bonds is 10. The number of thiazole rings is 1. The van der Waals surface area contributed by atoms with Crippen LogP contribution in [0.15, 0.2) is 47.4 Å². The molecule has 1 aliphatic heterocycles. The van der Waals surface area contributed by atoms with Crippen molar-refractivity contribution in [2.75, 3.05) is 50.0 Å². The molecule has 1 amide bonds. The fraction of sp³-hybridized carbons (Fsp3) is 0.440. The summed E-state index contributed by atoms with van der Waals surface area (Å²) in [5, 5.41) is 1.53. The normalized spacial score (nSPS) is 14.6. The first kappa shape index (κ1) is 24.5.